The van der Waals surface area contributed by atoms with Gasteiger partial charge in [-0.1, -0.05) is 19.9 Å². The molecule has 0 saturated carbocycles. The van der Waals surface area contributed by atoms with Crippen molar-refractivity contribution in [3.63, 3.8) is 0 Å². The Kier molecular flexibility index (Phi) is 6.28. The second-order valence-corrected chi connectivity index (χ2v) is 7.84. The number of sulfonamides is 1. The molecule has 0 aliphatic carbocycles. The zero-order chi connectivity index (χ0) is 13.6. The lowest BCUT2D eigenvalue weighted by molar-refractivity contribution is 0.466. The number of hydrogen-bond acceptors (Lipinski definition) is 4. The zero-order valence-electron chi connectivity index (χ0n) is 11.2. The van der Waals surface area contributed by atoms with E-state index in [1.54, 1.807) is 18.4 Å². The van der Waals surface area contributed by atoms with Crippen molar-refractivity contribution in [3.05, 3.63) is 22.4 Å². The van der Waals surface area contributed by atoms with Crippen molar-refractivity contribution in [2.24, 2.45) is 0 Å². The Morgan fingerprint density at radius 1 is 1.44 bits per heavy atom. The first-order valence-electron chi connectivity index (χ1n) is 6.11. The number of thiophene rings is 1. The standard InChI is InChI=1S/C12H22N2O2S2/c1-11(2)13-7-5-9-18(15,16)14(3)10-12-6-4-8-17-12/h4,6,8,11,13H,5,7,9-10H2,1-3H3. The van der Waals surface area contributed by atoms with E-state index in [4.69, 9.17) is 0 Å². The molecular weight excluding hydrogens is 268 g/mol. The maximum atomic E-state index is 12.0. The van der Waals surface area contributed by atoms with E-state index < -0.39 is 10.0 Å². The predicted octanol–water partition coefficient (Wildman–Crippen LogP) is 1.90. The number of nitrogens with one attached hydrogen (secondary N) is 1. The fourth-order valence-electron chi connectivity index (χ4n) is 1.52. The number of nitrogens with zero attached hydrogens (tertiary/aromatic N) is 1. The van der Waals surface area contributed by atoms with Crippen LogP contribution < -0.4 is 5.32 Å². The molecule has 0 aliphatic rings. The average Bonchev–Trinajstić information content (AvgIpc) is 2.77. The Hall–Kier alpha value is -0.430. The van der Waals surface area contributed by atoms with Gasteiger partial charge in [-0.25, -0.2) is 8.42 Å². The minimum absolute atomic E-state index is 0.203. The van der Waals surface area contributed by atoms with Crippen LogP contribution in [0.15, 0.2) is 17.5 Å². The monoisotopic (exact) mass is 290 g/mol. The summed E-state index contributed by atoms with van der Waals surface area (Å²) in [4.78, 5) is 1.07. The van der Waals surface area contributed by atoms with Gasteiger partial charge in [0.1, 0.15) is 0 Å². The fourth-order valence-corrected chi connectivity index (χ4v) is 3.52. The second-order valence-electron chi connectivity index (χ2n) is 4.61. The molecule has 1 aromatic rings. The van der Waals surface area contributed by atoms with Crippen LogP contribution in [0, 0.1) is 0 Å². The summed E-state index contributed by atoms with van der Waals surface area (Å²) in [6.45, 7) is 5.32. The van der Waals surface area contributed by atoms with Crippen molar-refractivity contribution in [1.82, 2.24) is 9.62 Å². The molecule has 0 fully saturated rings. The third-order valence-corrected chi connectivity index (χ3v) is 5.31. The zero-order valence-corrected chi connectivity index (χ0v) is 12.9. The summed E-state index contributed by atoms with van der Waals surface area (Å²) in [5, 5.41) is 5.18. The van der Waals surface area contributed by atoms with Gasteiger partial charge in [0.15, 0.2) is 0 Å². The Balaban J connectivity index is 2.38. The molecule has 1 rings (SSSR count). The highest BCUT2D eigenvalue weighted by Crippen LogP contribution is 2.13. The van der Waals surface area contributed by atoms with E-state index in [0.29, 0.717) is 19.0 Å². The van der Waals surface area contributed by atoms with Crippen LogP contribution in [0.1, 0.15) is 25.1 Å². The molecule has 0 aromatic carbocycles. The van der Waals surface area contributed by atoms with Crippen LogP contribution in [0.5, 0.6) is 0 Å². The molecule has 0 unspecified atom stereocenters. The summed E-state index contributed by atoms with van der Waals surface area (Å²) >= 11 is 1.58. The SMILES string of the molecule is CC(C)NCCCS(=O)(=O)N(C)Cc1cccs1. The first-order valence-corrected chi connectivity index (χ1v) is 8.60. The minimum atomic E-state index is -3.13. The van der Waals surface area contributed by atoms with Crippen LogP contribution in [-0.2, 0) is 16.6 Å². The van der Waals surface area contributed by atoms with Gasteiger partial charge in [0, 0.05) is 24.5 Å². The molecule has 0 bridgehead atoms. The molecule has 4 nitrogen and oxygen atoms in total. The maximum Gasteiger partial charge on any atom is 0.214 e. The molecule has 0 aliphatic heterocycles. The predicted molar refractivity (Wildman–Crippen MR) is 77.3 cm³/mol. The van der Waals surface area contributed by atoms with Crippen LogP contribution in [-0.4, -0.2) is 38.1 Å². The van der Waals surface area contributed by atoms with E-state index in [1.807, 2.05) is 17.5 Å². The third kappa shape index (κ3) is 5.48. The molecule has 1 heterocycles. The van der Waals surface area contributed by atoms with Gasteiger partial charge in [0.05, 0.1) is 5.75 Å². The number of hydrogen-bond donors (Lipinski definition) is 1. The highest BCUT2D eigenvalue weighted by Gasteiger charge is 2.17. The molecule has 1 aromatic heterocycles. The van der Waals surface area contributed by atoms with E-state index in [-0.39, 0.29) is 5.75 Å². The van der Waals surface area contributed by atoms with Crippen LogP contribution in [0.2, 0.25) is 0 Å². The highest BCUT2D eigenvalue weighted by atomic mass is 32.2. The molecule has 0 radical (unpaired) electrons. The lowest BCUT2D eigenvalue weighted by atomic mass is 10.4. The maximum absolute atomic E-state index is 12.0. The fraction of sp³-hybridized carbons (Fsp3) is 0.667. The minimum Gasteiger partial charge on any atom is -0.314 e. The summed E-state index contributed by atoms with van der Waals surface area (Å²) in [6, 6.07) is 4.29. The van der Waals surface area contributed by atoms with Crippen LogP contribution in [0.25, 0.3) is 0 Å². The van der Waals surface area contributed by atoms with Gasteiger partial charge in [0.2, 0.25) is 10.0 Å². The van der Waals surface area contributed by atoms with Crippen molar-refractivity contribution >= 4 is 21.4 Å². The topological polar surface area (TPSA) is 49.4 Å². The summed E-state index contributed by atoms with van der Waals surface area (Å²) < 4.78 is 25.4. The molecule has 104 valence electrons. The summed E-state index contributed by atoms with van der Waals surface area (Å²) in [5.74, 6) is 0.203. The van der Waals surface area contributed by atoms with Crippen molar-refractivity contribution in [2.45, 2.75) is 32.9 Å². The smallest absolute Gasteiger partial charge is 0.214 e. The van der Waals surface area contributed by atoms with Crippen molar-refractivity contribution in [2.75, 3.05) is 19.3 Å². The summed E-state index contributed by atoms with van der Waals surface area (Å²) in [5.41, 5.74) is 0. The molecular formula is C12H22N2O2S2. The largest absolute Gasteiger partial charge is 0.314 e. The molecule has 0 atom stereocenters. The van der Waals surface area contributed by atoms with Crippen LogP contribution in [0.3, 0.4) is 0 Å². The molecule has 6 heteroatoms. The quantitative estimate of drug-likeness (QED) is 0.744. The van der Waals surface area contributed by atoms with E-state index in [2.05, 4.69) is 19.2 Å². The first-order chi connectivity index (χ1) is 8.42. The van der Waals surface area contributed by atoms with Gasteiger partial charge in [-0.2, -0.15) is 4.31 Å². The Labute approximate surface area is 114 Å². The molecule has 0 spiro atoms. The van der Waals surface area contributed by atoms with Crippen molar-refractivity contribution in [3.8, 4) is 0 Å². The van der Waals surface area contributed by atoms with E-state index in [0.717, 1.165) is 11.4 Å². The molecule has 0 amide bonds. The van der Waals surface area contributed by atoms with Gasteiger partial charge in [-0.3, -0.25) is 0 Å². The highest BCUT2D eigenvalue weighted by molar-refractivity contribution is 7.89. The second kappa shape index (κ2) is 7.23. The van der Waals surface area contributed by atoms with Gasteiger partial charge >= 0.3 is 0 Å². The van der Waals surface area contributed by atoms with Gasteiger partial charge in [0.25, 0.3) is 0 Å². The van der Waals surface area contributed by atoms with E-state index in [1.165, 1.54) is 4.31 Å². The van der Waals surface area contributed by atoms with Crippen molar-refractivity contribution < 1.29 is 8.42 Å². The van der Waals surface area contributed by atoms with Crippen LogP contribution in [0.4, 0.5) is 0 Å². The lowest BCUT2D eigenvalue weighted by Gasteiger charge is -2.16. The van der Waals surface area contributed by atoms with Gasteiger partial charge < -0.3 is 5.32 Å². The summed E-state index contributed by atoms with van der Waals surface area (Å²) in [7, 11) is -1.49. The Bertz CT molecular complexity index is 427. The van der Waals surface area contributed by atoms with Crippen LogP contribution >= 0.6 is 11.3 Å². The van der Waals surface area contributed by atoms with E-state index in [9.17, 15) is 8.42 Å². The van der Waals surface area contributed by atoms with Gasteiger partial charge in [-0.15, -0.1) is 11.3 Å². The number of rotatable bonds is 8. The van der Waals surface area contributed by atoms with Crippen molar-refractivity contribution in [1.29, 1.82) is 0 Å². The molecule has 18 heavy (non-hydrogen) atoms. The van der Waals surface area contributed by atoms with Gasteiger partial charge in [-0.05, 0) is 24.4 Å². The Morgan fingerprint density at radius 2 is 2.17 bits per heavy atom. The normalized spacial score (nSPS) is 12.5. The average molecular weight is 290 g/mol. The Morgan fingerprint density at radius 3 is 2.72 bits per heavy atom. The summed E-state index contributed by atoms with van der Waals surface area (Å²) in [6.07, 6.45) is 0.648. The molecule has 0 saturated heterocycles. The lowest BCUT2D eigenvalue weighted by Crippen LogP contribution is -2.31. The van der Waals surface area contributed by atoms with E-state index >= 15 is 0 Å². The first kappa shape index (κ1) is 15.6. The molecule has 1 N–H and O–H groups in total. The third-order valence-electron chi connectivity index (χ3n) is 2.57.